The SMILES string of the molecule is CC(C)N(C)[C@@H]1CC[C@H](N2CC[C@H](Nc3ncnc4ccc(C(F)(F)F)cc34)C2=O)[C@H](NC(=O)C[C@H]2CC[C@H](NC(=O)OC(C)(C)C)CC2)C1. The van der Waals surface area contributed by atoms with Gasteiger partial charge in [-0.2, -0.15) is 13.2 Å². The number of hydrogen-bond donors (Lipinski definition) is 3. The van der Waals surface area contributed by atoms with Crippen molar-refractivity contribution in [2.75, 3.05) is 18.9 Å². The van der Waals surface area contributed by atoms with E-state index in [9.17, 15) is 27.6 Å². The maximum Gasteiger partial charge on any atom is 0.416 e. The maximum atomic E-state index is 13.9. The van der Waals surface area contributed by atoms with Crippen LogP contribution in [0.3, 0.4) is 0 Å². The molecule has 2 aromatic rings. The first-order chi connectivity index (χ1) is 23.5. The molecule has 3 amide bonds. The molecule has 3 N–H and O–H groups in total. The molecule has 11 nitrogen and oxygen atoms in total. The van der Waals surface area contributed by atoms with Gasteiger partial charge >= 0.3 is 12.3 Å². The topological polar surface area (TPSA) is 129 Å². The van der Waals surface area contributed by atoms with Crippen LogP contribution in [0.4, 0.5) is 23.8 Å². The Kier molecular flexibility index (Phi) is 11.5. The first-order valence-corrected chi connectivity index (χ1v) is 17.9. The second-order valence-electron chi connectivity index (χ2n) is 15.5. The van der Waals surface area contributed by atoms with Crippen LogP contribution in [0.2, 0.25) is 0 Å². The van der Waals surface area contributed by atoms with Crippen molar-refractivity contribution in [2.24, 2.45) is 5.92 Å². The predicted molar refractivity (Wildman–Crippen MR) is 184 cm³/mol. The van der Waals surface area contributed by atoms with E-state index < -0.39 is 29.5 Å². The van der Waals surface area contributed by atoms with E-state index in [1.807, 2.05) is 25.7 Å². The average molecular weight is 704 g/mol. The number of alkyl halides is 3. The minimum atomic E-state index is -4.53. The molecule has 1 aromatic carbocycles. The highest BCUT2D eigenvalue weighted by molar-refractivity contribution is 5.93. The zero-order chi connectivity index (χ0) is 36.4. The Labute approximate surface area is 292 Å². The Morgan fingerprint density at radius 1 is 1.02 bits per heavy atom. The van der Waals surface area contributed by atoms with Gasteiger partial charge in [0.15, 0.2) is 0 Å². The first-order valence-electron chi connectivity index (χ1n) is 17.9. The standard InChI is InChI=1S/C36H52F3N7O4/c1-21(2)45(6)25-12-14-30(29(19-25)43-31(47)17-22-7-10-24(11-8-22)42-34(49)50-35(3,4)5)46-16-15-28(33(46)48)44-32-26-18-23(36(37,38)39)9-13-27(26)40-20-41-32/h9,13,18,20-22,24-25,28-30H,7-8,10-12,14-17,19H2,1-6H3,(H,42,49)(H,43,47)(H,40,41,44)/t22-,24-,25-,28+,29-,30+/m1/s1. The Morgan fingerprint density at radius 3 is 2.40 bits per heavy atom. The summed E-state index contributed by atoms with van der Waals surface area (Å²) in [6.45, 7) is 10.2. The number of halogens is 3. The molecule has 3 aliphatic rings. The van der Waals surface area contributed by atoms with Gasteiger partial charge in [-0.1, -0.05) is 0 Å². The van der Waals surface area contributed by atoms with Gasteiger partial charge in [-0.05, 0) is 117 Å². The minimum Gasteiger partial charge on any atom is -0.444 e. The maximum absolute atomic E-state index is 13.9. The summed E-state index contributed by atoms with van der Waals surface area (Å²) >= 11 is 0. The number of carbonyl (C=O) groups is 3. The minimum absolute atomic E-state index is 0.0222. The van der Waals surface area contributed by atoms with Crippen molar-refractivity contribution in [1.82, 2.24) is 30.4 Å². The van der Waals surface area contributed by atoms with Crippen LogP contribution in [-0.2, 0) is 20.5 Å². The summed E-state index contributed by atoms with van der Waals surface area (Å²) in [5, 5.41) is 9.59. The number of carbonyl (C=O) groups excluding carboxylic acids is 3. The molecule has 4 atom stereocenters. The first kappa shape index (κ1) is 37.6. The van der Waals surface area contributed by atoms with E-state index >= 15 is 0 Å². The molecule has 0 spiro atoms. The number of amides is 3. The molecule has 5 rings (SSSR count). The number of benzene rings is 1. The van der Waals surface area contributed by atoms with Crippen molar-refractivity contribution in [3.63, 3.8) is 0 Å². The van der Waals surface area contributed by atoms with Gasteiger partial charge in [-0.25, -0.2) is 14.8 Å². The predicted octanol–water partition coefficient (Wildman–Crippen LogP) is 5.88. The van der Waals surface area contributed by atoms with E-state index in [2.05, 4.69) is 51.7 Å². The number of anilines is 1. The Hall–Kier alpha value is -3.68. The number of hydrogen-bond acceptors (Lipinski definition) is 8. The monoisotopic (exact) mass is 703 g/mol. The van der Waals surface area contributed by atoms with Crippen LogP contribution in [0, 0.1) is 5.92 Å². The molecule has 2 saturated carbocycles. The fourth-order valence-corrected chi connectivity index (χ4v) is 7.64. The van der Waals surface area contributed by atoms with Crippen LogP contribution in [0.15, 0.2) is 24.5 Å². The number of rotatable bonds is 9. The zero-order valence-electron chi connectivity index (χ0n) is 30.0. The summed E-state index contributed by atoms with van der Waals surface area (Å²) in [6.07, 6.45) is 2.66. The lowest BCUT2D eigenvalue weighted by Crippen LogP contribution is -2.58. The molecule has 14 heteroatoms. The van der Waals surface area contributed by atoms with Gasteiger partial charge in [-0.15, -0.1) is 0 Å². The number of aromatic nitrogens is 2. The van der Waals surface area contributed by atoms with Crippen molar-refractivity contribution in [1.29, 1.82) is 0 Å². The third-order valence-corrected chi connectivity index (χ3v) is 10.5. The number of likely N-dealkylation sites (tertiary alicyclic amines) is 1. The van der Waals surface area contributed by atoms with Crippen LogP contribution in [-0.4, -0.2) is 93.1 Å². The van der Waals surface area contributed by atoms with Crippen LogP contribution >= 0.6 is 0 Å². The second kappa shape index (κ2) is 15.3. The molecule has 3 fully saturated rings. The fourth-order valence-electron chi connectivity index (χ4n) is 7.64. The van der Waals surface area contributed by atoms with E-state index in [-0.39, 0.29) is 53.1 Å². The molecule has 50 heavy (non-hydrogen) atoms. The summed E-state index contributed by atoms with van der Waals surface area (Å²) in [5.74, 6) is 0.194. The number of fused-ring (bicyclic) bond motifs is 1. The average Bonchev–Trinajstić information content (AvgIpc) is 3.39. The van der Waals surface area contributed by atoms with Gasteiger partial charge in [0.25, 0.3) is 0 Å². The van der Waals surface area contributed by atoms with Crippen LogP contribution in [0.1, 0.15) is 98.0 Å². The number of alkyl carbamates (subject to hydrolysis) is 1. The Bertz CT molecular complexity index is 1520. The van der Waals surface area contributed by atoms with Gasteiger partial charge in [-0.3, -0.25) is 9.59 Å². The van der Waals surface area contributed by atoms with Gasteiger partial charge < -0.3 is 30.5 Å². The van der Waals surface area contributed by atoms with E-state index in [4.69, 9.17) is 4.74 Å². The smallest absolute Gasteiger partial charge is 0.416 e. The van der Waals surface area contributed by atoms with Crippen LogP contribution < -0.4 is 16.0 Å². The summed E-state index contributed by atoms with van der Waals surface area (Å²) in [5.41, 5.74) is -1.03. The molecule has 2 heterocycles. The van der Waals surface area contributed by atoms with Gasteiger partial charge in [0.2, 0.25) is 11.8 Å². The third kappa shape index (κ3) is 9.35. The largest absolute Gasteiger partial charge is 0.444 e. The van der Waals surface area contributed by atoms with Crippen molar-refractivity contribution < 1.29 is 32.3 Å². The summed E-state index contributed by atoms with van der Waals surface area (Å²) in [4.78, 5) is 52.1. The van der Waals surface area contributed by atoms with E-state index in [0.717, 1.165) is 50.7 Å². The molecule has 0 bridgehead atoms. The lowest BCUT2D eigenvalue weighted by molar-refractivity contribution is -0.137. The highest BCUT2D eigenvalue weighted by atomic mass is 19.4. The quantitative estimate of drug-likeness (QED) is 0.296. The van der Waals surface area contributed by atoms with Crippen LogP contribution in [0.25, 0.3) is 10.9 Å². The lowest BCUT2D eigenvalue weighted by atomic mass is 9.82. The van der Waals surface area contributed by atoms with E-state index in [1.54, 1.807) is 0 Å². The molecular formula is C36H52F3N7O4. The zero-order valence-corrected chi connectivity index (χ0v) is 30.0. The lowest BCUT2D eigenvalue weighted by Gasteiger charge is -2.45. The van der Waals surface area contributed by atoms with Gasteiger partial charge in [0.1, 0.15) is 23.8 Å². The fraction of sp³-hybridized carbons (Fsp3) is 0.694. The van der Waals surface area contributed by atoms with Crippen molar-refractivity contribution >= 4 is 34.6 Å². The summed E-state index contributed by atoms with van der Waals surface area (Å²) in [6, 6.07) is 2.77. The number of nitrogens with one attached hydrogen (secondary N) is 3. The van der Waals surface area contributed by atoms with Crippen molar-refractivity contribution in [2.45, 2.75) is 140 Å². The highest BCUT2D eigenvalue weighted by Gasteiger charge is 2.43. The molecule has 1 aromatic heterocycles. The van der Waals surface area contributed by atoms with Crippen molar-refractivity contribution in [3.8, 4) is 0 Å². The summed E-state index contributed by atoms with van der Waals surface area (Å²) < 4.78 is 45.8. The molecule has 0 unspecified atom stereocenters. The molecule has 0 radical (unpaired) electrons. The van der Waals surface area contributed by atoms with E-state index in [1.165, 1.54) is 12.4 Å². The molecular weight excluding hydrogens is 651 g/mol. The molecule has 1 saturated heterocycles. The van der Waals surface area contributed by atoms with Crippen LogP contribution in [0.5, 0.6) is 0 Å². The molecule has 276 valence electrons. The normalized spacial score (nSPS) is 26.4. The Balaban J connectivity index is 1.23. The second-order valence-corrected chi connectivity index (χ2v) is 15.5. The number of ether oxygens (including phenoxy) is 1. The highest BCUT2D eigenvalue weighted by Crippen LogP contribution is 2.35. The van der Waals surface area contributed by atoms with Gasteiger partial charge in [0, 0.05) is 36.5 Å². The summed E-state index contributed by atoms with van der Waals surface area (Å²) in [7, 11) is 2.09. The molecule has 1 aliphatic heterocycles. The van der Waals surface area contributed by atoms with Gasteiger partial charge in [0.05, 0.1) is 23.2 Å². The van der Waals surface area contributed by atoms with E-state index in [0.29, 0.717) is 37.4 Å². The van der Waals surface area contributed by atoms with Crippen molar-refractivity contribution in [3.05, 3.63) is 30.1 Å². The molecule has 2 aliphatic carbocycles. The Morgan fingerprint density at radius 2 is 1.74 bits per heavy atom. The third-order valence-electron chi connectivity index (χ3n) is 10.5. The number of nitrogens with zero attached hydrogens (tertiary/aromatic N) is 4.